The molecule has 0 aliphatic carbocycles. The average Bonchev–Trinajstić information content (AvgIpc) is 2.99. The fourth-order valence-corrected chi connectivity index (χ4v) is 3.00. The van der Waals surface area contributed by atoms with Gasteiger partial charge in [-0.25, -0.2) is 9.79 Å². The van der Waals surface area contributed by atoms with Crippen LogP contribution in [0.2, 0.25) is 0 Å². The van der Waals surface area contributed by atoms with Crippen molar-refractivity contribution in [3.05, 3.63) is 62.9 Å². The number of halogens is 1. The minimum Gasteiger partial charge on any atom is -0.490 e. The number of cyclic esters (lactones) is 1. The van der Waals surface area contributed by atoms with Gasteiger partial charge in [-0.1, -0.05) is 18.2 Å². The molecule has 1 aliphatic heterocycles. The van der Waals surface area contributed by atoms with Crippen molar-refractivity contribution in [2.24, 2.45) is 4.99 Å². The first-order chi connectivity index (χ1) is 12.6. The van der Waals surface area contributed by atoms with E-state index in [2.05, 4.69) is 27.6 Å². The van der Waals surface area contributed by atoms with Gasteiger partial charge >= 0.3 is 5.97 Å². The molecule has 0 aromatic heterocycles. The van der Waals surface area contributed by atoms with Gasteiger partial charge in [0.1, 0.15) is 0 Å². The van der Waals surface area contributed by atoms with E-state index in [-0.39, 0.29) is 11.6 Å². The van der Waals surface area contributed by atoms with Gasteiger partial charge in [0, 0.05) is 9.13 Å². The molecule has 1 aliphatic rings. The second-order valence-electron chi connectivity index (χ2n) is 5.39. The largest absolute Gasteiger partial charge is 0.490 e. The molecule has 0 spiro atoms. The number of nitrogens with zero attached hydrogens (tertiary/aromatic N) is 1. The van der Waals surface area contributed by atoms with Crippen molar-refractivity contribution in [3.63, 3.8) is 0 Å². The van der Waals surface area contributed by atoms with Gasteiger partial charge in [0.25, 0.3) is 0 Å². The second-order valence-corrected chi connectivity index (χ2v) is 6.55. The number of carbonyl (C=O) groups is 1. The highest BCUT2D eigenvalue weighted by molar-refractivity contribution is 14.1. The number of hydrogen-bond acceptors (Lipinski definition) is 5. The predicted octanol–water partition coefficient (Wildman–Crippen LogP) is 4.43. The van der Waals surface area contributed by atoms with Crippen LogP contribution in [-0.2, 0) is 9.53 Å². The van der Waals surface area contributed by atoms with E-state index in [1.165, 1.54) is 0 Å². The summed E-state index contributed by atoms with van der Waals surface area (Å²) in [6, 6.07) is 13.1. The van der Waals surface area contributed by atoms with E-state index < -0.39 is 5.97 Å². The Morgan fingerprint density at radius 2 is 1.81 bits per heavy atom. The Labute approximate surface area is 165 Å². The summed E-state index contributed by atoms with van der Waals surface area (Å²) in [5, 5.41) is 0. The van der Waals surface area contributed by atoms with E-state index in [1.54, 1.807) is 24.3 Å². The summed E-state index contributed by atoms with van der Waals surface area (Å²) in [6.07, 6.45) is 1.73. The van der Waals surface area contributed by atoms with Gasteiger partial charge in [0.2, 0.25) is 5.90 Å². The highest BCUT2D eigenvalue weighted by atomic mass is 127. The summed E-state index contributed by atoms with van der Waals surface area (Å²) < 4.78 is 17.6. The van der Waals surface area contributed by atoms with Gasteiger partial charge in [-0.2, -0.15) is 0 Å². The zero-order valence-corrected chi connectivity index (χ0v) is 16.6. The van der Waals surface area contributed by atoms with E-state index >= 15 is 0 Å². The number of hydrogen-bond donors (Lipinski definition) is 0. The maximum Gasteiger partial charge on any atom is 0.363 e. The summed E-state index contributed by atoms with van der Waals surface area (Å²) in [4.78, 5) is 16.5. The standard InChI is InChI=1S/C20H18INO4/c1-3-24-17-10-9-14(12-18(17)25-4-2)19-22-16(20(23)26-19)11-13-7-5-6-8-15(13)21/h5-12H,3-4H2,1-2H3/b16-11+. The van der Waals surface area contributed by atoms with Crippen LogP contribution in [-0.4, -0.2) is 25.1 Å². The summed E-state index contributed by atoms with van der Waals surface area (Å²) >= 11 is 2.22. The highest BCUT2D eigenvalue weighted by Crippen LogP contribution is 2.30. The first-order valence-electron chi connectivity index (χ1n) is 8.29. The van der Waals surface area contributed by atoms with Crippen molar-refractivity contribution in [3.8, 4) is 11.5 Å². The first kappa shape index (κ1) is 18.4. The Bertz CT molecular complexity index is 889. The van der Waals surface area contributed by atoms with Gasteiger partial charge in [0.15, 0.2) is 17.2 Å². The molecule has 1 heterocycles. The fourth-order valence-electron chi connectivity index (χ4n) is 2.46. The molecular formula is C20H18INO4. The molecule has 0 radical (unpaired) electrons. The lowest BCUT2D eigenvalue weighted by Crippen LogP contribution is -2.06. The molecule has 0 saturated heterocycles. The third-order valence-corrected chi connectivity index (χ3v) is 4.59. The van der Waals surface area contributed by atoms with Gasteiger partial charge in [-0.3, -0.25) is 0 Å². The molecule has 5 nitrogen and oxygen atoms in total. The van der Waals surface area contributed by atoms with Crippen LogP contribution in [0.5, 0.6) is 11.5 Å². The number of aliphatic imine (C=N–C) groups is 1. The minimum absolute atomic E-state index is 0.260. The van der Waals surface area contributed by atoms with Crippen LogP contribution in [0.4, 0.5) is 0 Å². The Morgan fingerprint density at radius 3 is 2.54 bits per heavy atom. The lowest BCUT2D eigenvalue weighted by atomic mass is 10.2. The monoisotopic (exact) mass is 463 g/mol. The lowest BCUT2D eigenvalue weighted by molar-refractivity contribution is -0.129. The van der Waals surface area contributed by atoms with Crippen molar-refractivity contribution >= 4 is 40.5 Å². The van der Waals surface area contributed by atoms with Gasteiger partial charge in [-0.15, -0.1) is 0 Å². The zero-order valence-electron chi connectivity index (χ0n) is 14.5. The Morgan fingerprint density at radius 1 is 1.08 bits per heavy atom. The number of ether oxygens (including phenoxy) is 3. The molecule has 0 amide bonds. The van der Waals surface area contributed by atoms with Crippen LogP contribution >= 0.6 is 22.6 Å². The Hall–Kier alpha value is -2.35. The predicted molar refractivity (Wildman–Crippen MR) is 109 cm³/mol. The normalized spacial score (nSPS) is 15.0. The smallest absolute Gasteiger partial charge is 0.363 e. The molecule has 0 fully saturated rings. The summed E-state index contributed by atoms with van der Waals surface area (Å²) in [5.74, 6) is 1.04. The average molecular weight is 463 g/mol. The number of benzene rings is 2. The van der Waals surface area contributed by atoms with Crippen molar-refractivity contribution in [1.29, 1.82) is 0 Å². The van der Waals surface area contributed by atoms with Gasteiger partial charge < -0.3 is 14.2 Å². The van der Waals surface area contributed by atoms with E-state index in [0.29, 0.717) is 30.3 Å². The second kappa shape index (κ2) is 8.35. The maximum absolute atomic E-state index is 12.2. The molecule has 0 saturated carbocycles. The van der Waals surface area contributed by atoms with E-state index in [4.69, 9.17) is 14.2 Å². The van der Waals surface area contributed by atoms with Gasteiger partial charge in [-0.05, 0) is 72.3 Å². The third-order valence-electron chi connectivity index (χ3n) is 3.61. The topological polar surface area (TPSA) is 57.1 Å². The maximum atomic E-state index is 12.2. The molecule has 6 heteroatoms. The van der Waals surface area contributed by atoms with Crippen LogP contribution in [0.3, 0.4) is 0 Å². The summed E-state index contributed by atoms with van der Waals surface area (Å²) in [6.45, 7) is 4.86. The Balaban J connectivity index is 1.93. The minimum atomic E-state index is -0.466. The van der Waals surface area contributed by atoms with Crippen LogP contribution in [0, 0.1) is 3.57 Å². The molecule has 26 heavy (non-hydrogen) atoms. The first-order valence-corrected chi connectivity index (χ1v) is 9.37. The zero-order chi connectivity index (χ0) is 18.5. The summed E-state index contributed by atoms with van der Waals surface area (Å²) in [5.41, 5.74) is 1.86. The van der Waals surface area contributed by atoms with Crippen LogP contribution < -0.4 is 9.47 Å². The van der Waals surface area contributed by atoms with Crippen molar-refractivity contribution in [2.75, 3.05) is 13.2 Å². The third kappa shape index (κ3) is 4.07. The van der Waals surface area contributed by atoms with Crippen molar-refractivity contribution in [1.82, 2.24) is 0 Å². The molecule has 2 aromatic rings. The molecule has 0 N–H and O–H groups in total. The van der Waals surface area contributed by atoms with Crippen LogP contribution in [0.25, 0.3) is 6.08 Å². The van der Waals surface area contributed by atoms with Crippen LogP contribution in [0.1, 0.15) is 25.0 Å². The molecule has 134 valence electrons. The lowest BCUT2D eigenvalue weighted by Gasteiger charge is -2.11. The van der Waals surface area contributed by atoms with Gasteiger partial charge in [0.05, 0.1) is 13.2 Å². The fraction of sp³-hybridized carbons (Fsp3) is 0.200. The van der Waals surface area contributed by atoms with E-state index in [0.717, 1.165) is 9.13 Å². The molecule has 2 aromatic carbocycles. The SMILES string of the molecule is CCOc1ccc(C2=N/C(=C/c3ccccc3I)C(=O)O2)cc1OCC. The highest BCUT2D eigenvalue weighted by Gasteiger charge is 2.25. The molecule has 0 bridgehead atoms. The Kier molecular flexibility index (Phi) is 5.92. The van der Waals surface area contributed by atoms with Crippen molar-refractivity contribution in [2.45, 2.75) is 13.8 Å². The molecular weight excluding hydrogens is 445 g/mol. The van der Waals surface area contributed by atoms with Crippen molar-refractivity contribution < 1.29 is 19.0 Å². The number of carbonyl (C=O) groups excluding carboxylic acids is 1. The number of rotatable bonds is 6. The summed E-state index contributed by atoms with van der Waals surface area (Å²) in [7, 11) is 0. The molecule has 0 unspecified atom stereocenters. The molecule has 3 rings (SSSR count). The van der Waals surface area contributed by atoms with E-state index in [1.807, 2.05) is 38.1 Å². The number of esters is 1. The van der Waals surface area contributed by atoms with E-state index in [9.17, 15) is 4.79 Å². The molecule has 0 atom stereocenters. The quantitative estimate of drug-likeness (QED) is 0.361. The van der Waals surface area contributed by atoms with Crippen LogP contribution in [0.15, 0.2) is 53.2 Å².